The molecule has 0 unspecified atom stereocenters. The Hall–Kier alpha value is -3.31. The molecule has 112 valence electrons. The van der Waals surface area contributed by atoms with Crippen LogP contribution in [0.5, 0.6) is 0 Å². The molecular formula is C15H8N4O3S. The highest BCUT2D eigenvalue weighted by molar-refractivity contribution is 7.22. The number of aromatic nitrogens is 2. The van der Waals surface area contributed by atoms with E-state index < -0.39 is 11.9 Å². The molecule has 7 nitrogen and oxygen atoms in total. The van der Waals surface area contributed by atoms with Gasteiger partial charge in [-0.25, -0.2) is 9.78 Å². The number of benzene rings is 1. The van der Waals surface area contributed by atoms with Gasteiger partial charge in [0.1, 0.15) is 6.07 Å². The van der Waals surface area contributed by atoms with Crippen LogP contribution in [0.2, 0.25) is 0 Å². The standard InChI is InChI=1S/C15H8N4O3S/c16-5-8-3-10(7-17-6-8)13(20)19-15-18-11-2-1-9(14(21)22)4-12(11)23-15/h1-4,6-7H,(H,21,22)(H,18,19,20). The lowest BCUT2D eigenvalue weighted by Gasteiger charge is -2.00. The zero-order valence-electron chi connectivity index (χ0n) is 11.5. The summed E-state index contributed by atoms with van der Waals surface area (Å²) >= 11 is 1.17. The van der Waals surface area contributed by atoms with Crippen molar-refractivity contribution < 1.29 is 14.7 Å². The summed E-state index contributed by atoms with van der Waals surface area (Å²) < 4.78 is 0.657. The Bertz CT molecular complexity index is 974. The number of aromatic carboxylic acids is 1. The van der Waals surface area contributed by atoms with Crippen molar-refractivity contribution in [2.45, 2.75) is 0 Å². The highest BCUT2D eigenvalue weighted by atomic mass is 32.1. The summed E-state index contributed by atoms with van der Waals surface area (Å²) in [6.07, 6.45) is 2.72. The Morgan fingerprint density at radius 3 is 2.78 bits per heavy atom. The molecule has 1 amide bonds. The van der Waals surface area contributed by atoms with Gasteiger partial charge in [-0.15, -0.1) is 0 Å². The van der Waals surface area contributed by atoms with Crippen molar-refractivity contribution in [1.29, 1.82) is 5.26 Å². The van der Waals surface area contributed by atoms with Gasteiger partial charge in [0.15, 0.2) is 5.13 Å². The molecule has 8 heteroatoms. The number of nitrogens with one attached hydrogen (secondary N) is 1. The SMILES string of the molecule is N#Cc1cncc(C(=O)Nc2nc3ccc(C(=O)O)cc3s2)c1. The van der Waals surface area contributed by atoms with Crippen LogP contribution in [-0.2, 0) is 0 Å². The molecule has 2 heterocycles. The smallest absolute Gasteiger partial charge is 0.335 e. The molecule has 23 heavy (non-hydrogen) atoms. The number of rotatable bonds is 3. The number of carbonyl (C=O) groups excluding carboxylic acids is 1. The third-order valence-electron chi connectivity index (χ3n) is 2.99. The number of nitriles is 1. The van der Waals surface area contributed by atoms with Gasteiger partial charge in [0.2, 0.25) is 0 Å². The van der Waals surface area contributed by atoms with Gasteiger partial charge in [-0.05, 0) is 24.3 Å². The van der Waals surface area contributed by atoms with Gasteiger partial charge in [0.25, 0.3) is 5.91 Å². The van der Waals surface area contributed by atoms with E-state index in [9.17, 15) is 9.59 Å². The normalized spacial score (nSPS) is 10.2. The topological polar surface area (TPSA) is 116 Å². The molecule has 0 aliphatic rings. The summed E-state index contributed by atoms with van der Waals surface area (Å²) in [6.45, 7) is 0. The minimum absolute atomic E-state index is 0.157. The van der Waals surface area contributed by atoms with Gasteiger partial charge in [0, 0.05) is 12.4 Å². The second-order valence-corrected chi connectivity index (χ2v) is 5.57. The fourth-order valence-corrected chi connectivity index (χ4v) is 2.81. The van der Waals surface area contributed by atoms with Crippen molar-refractivity contribution in [1.82, 2.24) is 9.97 Å². The Balaban J connectivity index is 1.87. The number of fused-ring (bicyclic) bond motifs is 1. The number of hydrogen-bond acceptors (Lipinski definition) is 6. The average molecular weight is 324 g/mol. The lowest BCUT2D eigenvalue weighted by atomic mass is 10.2. The summed E-state index contributed by atoms with van der Waals surface area (Å²) in [5, 5.41) is 20.8. The van der Waals surface area contributed by atoms with E-state index in [1.165, 1.54) is 41.9 Å². The number of amides is 1. The summed E-state index contributed by atoms with van der Waals surface area (Å²) in [5.74, 6) is -1.46. The van der Waals surface area contributed by atoms with E-state index in [0.29, 0.717) is 15.3 Å². The summed E-state index contributed by atoms with van der Waals surface area (Å²) in [7, 11) is 0. The van der Waals surface area contributed by atoms with Gasteiger partial charge < -0.3 is 5.11 Å². The molecule has 0 fully saturated rings. The predicted molar refractivity (Wildman–Crippen MR) is 83.5 cm³/mol. The molecule has 0 aliphatic heterocycles. The maximum atomic E-state index is 12.1. The van der Waals surface area contributed by atoms with Gasteiger partial charge >= 0.3 is 5.97 Å². The van der Waals surface area contributed by atoms with Gasteiger partial charge in [0.05, 0.1) is 26.9 Å². The van der Waals surface area contributed by atoms with E-state index in [2.05, 4.69) is 15.3 Å². The van der Waals surface area contributed by atoms with Crippen LogP contribution >= 0.6 is 11.3 Å². The second-order valence-electron chi connectivity index (χ2n) is 4.53. The molecule has 0 bridgehead atoms. The lowest BCUT2D eigenvalue weighted by Crippen LogP contribution is -2.12. The number of carbonyl (C=O) groups is 2. The second kappa shape index (κ2) is 5.82. The molecule has 1 aromatic carbocycles. The largest absolute Gasteiger partial charge is 0.478 e. The number of carboxylic acid groups (broad SMARTS) is 1. The van der Waals surface area contributed by atoms with E-state index in [1.807, 2.05) is 6.07 Å². The van der Waals surface area contributed by atoms with E-state index >= 15 is 0 Å². The van der Waals surface area contributed by atoms with Crippen LogP contribution < -0.4 is 5.32 Å². The molecule has 0 atom stereocenters. The number of nitrogens with zero attached hydrogens (tertiary/aromatic N) is 3. The summed E-state index contributed by atoms with van der Waals surface area (Å²) in [5.41, 5.74) is 1.28. The lowest BCUT2D eigenvalue weighted by molar-refractivity contribution is 0.0697. The van der Waals surface area contributed by atoms with E-state index in [1.54, 1.807) is 6.07 Å². The first-order chi connectivity index (χ1) is 11.1. The van der Waals surface area contributed by atoms with Crippen molar-refractivity contribution in [3.63, 3.8) is 0 Å². The molecule has 0 saturated carbocycles. The van der Waals surface area contributed by atoms with Crippen molar-refractivity contribution >= 4 is 38.6 Å². The van der Waals surface area contributed by atoms with Crippen molar-refractivity contribution in [2.24, 2.45) is 0 Å². The predicted octanol–water partition coefficient (Wildman–Crippen LogP) is 2.51. The van der Waals surface area contributed by atoms with Gasteiger partial charge in [-0.3, -0.25) is 15.1 Å². The zero-order chi connectivity index (χ0) is 16.4. The van der Waals surface area contributed by atoms with Gasteiger partial charge in [-0.1, -0.05) is 11.3 Å². The first-order valence-corrected chi connectivity index (χ1v) is 7.19. The Kier molecular flexibility index (Phi) is 3.70. The third-order valence-corrected chi connectivity index (χ3v) is 3.92. The molecule has 3 rings (SSSR count). The zero-order valence-corrected chi connectivity index (χ0v) is 12.3. The molecule has 0 radical (unpaired) electrons. The van der Waals surface area contributed by atoms with Crippen LogP contribution in [0.25, 0.3) is 10.2 Å². The van der Waals surface area contributed by atoms with Crippen molar-refractivity contribution in [2.75, 3.05) is 5.32 Å². The monoisotopic (exact) mass is 324 g/mol. The Morgan fingerprint density at radius 2 is 2.04 bits per heavy atom. The van der Waals surface area contributed by atoms with Crippen LogP contribution in [-0.4, -0.2) is 27.0 Å². The summed E-state index contributed by atoms with van der Waals surface area (Å²) in [4.78, 5) is 31.2. The van der Waals surface area contributed by atoms with Crippen LogP contribution in [0.15, 0.2) is 36.7 Å². The van der Waals surface area contributed by atoms with Crippen LogP contribution in [0.3, 0.4) is 0 Å². The number of carboxylic acids is 1. The molecule has 0 aliphatic carbocycles. The van der Waals surface area contributed by atoms with Gasteiger partial charge in [-0.2, -0.15) is 5.26 Å². The number of thiazole rings is 1. The molecule has 2 aromatic heterocycles. The van der Waals surface area contributed by atoms with Crippen LogP contribution in [0.1, 0.15) is 26.3 Å². The quantitative estimate of drug-likeness (QED) is 0.764. The summed E-state index contributed by atoms with van der Waals surface area (Å²) in [6, 6.07) is 7.89. The average Bonchev–Trinajstić information content (AvgIpc) is 2.96. The molecule has 0 saturated heterocycles. The van der Waals surface area contributed by atoms with Crippen molar-refractivity contribution in [3.8, 4) is 6.07 Å². The molecule has 0 spiro atoms. The van der Waals surface area contributed by atoms with Crippen LogP contribution in [0.4, 0.5) is 5.13 Å². The maximum Gasteiger partial charge on any atom is 0.335 e. The molecule has 3 aromatic rings. The third kappa shape index (κ3) is 3.00. The Labute approximate surface area is 133 Å². The Morgan fingerprint density at radius 1 is 1.22 bits per heavy atom. The minimum Gasteiger partial charge on any atom is -0.478 e. The van der Waals surface area contributed by atoms with E-state index in [4.69, 9.17) is 10.4 Å². The van der Waals surface area contributed by atoms with Crippen LogP contribution in [0, 0.1) is 11.3 Å². The number of anilines is 1. The molecular weight excluding hydrogens is 316 g/mol. The fraction of sp³-hybridized carbons (Fsp3) is 0. The first-order valence-electron chi connectivity index (χ1n) is 6.37. The number of pyridine rings is 1. The molecule has 2 N–H and O–H groups in total. The van der Waals surface area contributed by atoms with Crippen molar-refractivity contribution in [3.05, 3.63) is 53.3 Å². The number of hydrogen-bond donors (Lipinski definition) is 2. The first kappa shape index (κ1) is 14.6. The van der Waals surface area contributed by atoms with E-state index in [0.717, 1.165) is 0 Å². The maximum absolute atomic E-state index is 12.1. The highest BCUT2D eigenvalue weighted by Gasteiger charge is 2.12. The minimum atomic E-state index is -1.02. The van der Waals surface area contributed by atoms with E-state index in [-0.39, 0.29) is 16.7 Å². The highest BCUT2D eigenvalue weighted by Crippen LogP contribution is 2.27. The fourth-order valence-electron chi connectivity index (χ4n) is 1.91.